The molecule has 6 nitrogen and oxygen atoms in total. The van der Waals surface area contributed by atoms with Gasteiger partial charge < -0.3 is 15.5 Å². The van der Waals surface area contributed by atoms with Crippen molar-refractivity contribution in [3.05, 3.63) is 30.3 Å². The molecule has 3 N–H and O–H groups in total. The SMILES string of the molecule is Nc1ccc(-c2nc(C(=O)NCC3CCCCC3)co2)cn1. The Morgan fingerprint density at radius 3 is 2.86 bits per heavy atom. The summed E-state index contributed by atoms with van der Waals surface area (Å²) in [5.41, 5.74) is 6.53. The standard InChI is InChI=1S/C16H20N4O2/c17-14-7-6-12(9-18-14)16-20-13(10-22-16)15(21)19-8-11-4-2-1-3-5-11/h6-7,9-11H,1-5,8H2,(H2,17,18)(H,19,21). The van der Waals surface area contributed by atoms with Crippen molar-refractivity contribution in [2.75, 3.05) is 12.3 Å². The number of aromatic nitrogens is 2. The maximum Gasteiger partial charge on any atom is 0.273 e. The number of nitrogens with zero attached hydrogens (tertiary/aromatic N) is 2. The van der Waals surface area contributed by atoms with Crippen molar-refractivity contribution in [3.8, 4) is 11.5 Å². The molecule has 2 heterocycles. The maximum atomic E-state index is 12.1. The second-order valence-corrected chi connectivity index (χ2v) is 5.72. The Morgan fingerprint density at radius 1 is 1.32 bits per heavy atom. The average molecular weight is 300 g/mol. The van der Waals surface area contributed by atoms with Crippen LogP contribution in [0, 0.1) is 5.92 Å². The highest BCUT2D eigenvalue weighted by atomic mass is 16.3. The molecule has 0 aromatic carbocycles. The number of carbonyl (C=O) groups is 1. The molecule has 3 rings (SSSR count). The number of carbonyl (C=O) groups excluding carboxylic acids is 1. The van der Waals surface area contributed by atoms with Crippen LogP contribution in [0.1, 0.15) is 42.6 Å². The van der Waals surface area contributed by atoms with E-state index in [4.69, 9.17) is 10.2 Å². The summed E-state index contributed by atoms with van der Waals surface area (Å²) >= 11 is 0. The minimum absolute atomic E-state index is 0.191. The fourth-order valence-corrected chi connectivity index (χ4v) is 2.76. The minimum Gasteiger partial charge on any atom is -0.444 e. The number of anilines is 1. The molecule has 0 unspecified atom stereocenters. The topological polar surface area (TPSA) is 94.0 Å². The van der Waals surface area contributed by atoms with Gasteiger partial charge in [0.2, 0.25) is 5.89 Å². The first kappa shape index (κ1) is 14.6. The molecule has 1 amide bonds. The molecule has 116 valence electrons. The van der Waals surface area contributed by atoms with Gasteiger partial charge in [-0.25, -0.2) is 9.97 Å². The Bertz CT molecular complexity index is 630. The Balaban J connectivity index is 1.60. The molecule has 0 aliphatic heterocycles. The molecular weight excluding hydrogens is 280 g/mol. The molecule has 6 heteroatoms. The third kappa shape index (κ3) is 3.44. The molecule has 2 aromatic rings. The highest BCUT2D eigenvalue weighted by Crippen LogP contribution is 2.23. The summed E-state index contributed by atoms with van der Waals surface area (Å²) in [5, 5.41) is 2.95. The number of pyridine rings is 1. The van der Waals surface area contributed by atoms with Crippen LogP contribution in [0.15, 0.2) is 29.0 Å². The van der Waals surface area contributed by atoms with Crippen LogP contribution in [0.25, 0.3) is 11.5 Å². The Morgan fingerprint density at radius 2 is 2.14 bits per heavy atom. The average Bonchev–Trinajstić information content (AvgIpc) is 3.04. The number of hydrogen-bond donors (Lipinski definition) is 2. The van der Waals surface area contributed by atoms with E-state index in [2.05, 4.69) is 15.3 Å². The number of nitrogens with one attached hydrogen (secondary N) is 1. The van der Waals surface area contributed by atoms with Gasteiger partial charge in [-0.05, 0) is 30.9 Å². The Kier molecular flexibility index (Phi) is 4.37. The first-order valence-electron chi connectivity index (χ1n) is 7.68. The number of amides is 1. The molecule has 22 heavy (non-hydrogen) atoms. The molecule has 0 atom stereocenters. The van der Waals surface area contributed by atoms with Gasteiger partial charge in [-0.3, -0.25) is 4.79 Å². The van der Waals surface area contributed by atoms with Crippen LogP contribution < -0.4 is 11.1 Å². The largest absolute Gasteiger partial charge is 0.444 e. The fourth-order valence-electron chi connectivity index (χ4n) is 2.76. The number of nitrogen functional groups attached to an aromatic ring is 1. The van der Waals surface area contributed by atoms with Crippen LogP contribution in [0.3, 0.4) is 0 Å². The Hall–Kier alpha value is -2.37. The zero-order valence-corrected chi connectivity index (χ0v) is 12.4. The maximum absolute atomic E-state index is 12.1. The van der Waals surface area contributed by atoms with Gasteiger partial charge in [-0.1, -0.05) is 19.3 Å². The van der Waals surface area contributed by atoms with Crippen LogP contribution in [0.4, 0.5) is 5.82 Å². The summed E-state index contributed by atoms with van der Waals surface area (Å²) in [6.07, 6.45) is 9.18. The smallest absolute Gasteiger partial charge is 0.273 e. The number of hydrogen-bond acceptors (Lipinski definition) is 5. The summed E-state index contributed by atoms with van der Waals surface area (Å²) in [7, 11) is 0. The van der Waals surface area contributed by atoms with Crippen molar-refractivity contribution in [2.45, 2.75) is 32.1 Å². The van der Waals surface area contributed by atoms with E-state index in [0.717, 1.165) is 0 Å². The quantitative estimate of drug-likeness (QED) is 0.905. The van der Waals surface area contributed by atoms with Gasteiger partial charge in [0.05, 0.1) is 5.56 Å². The lowest BCUT2D eigenvalue weighted by atomic mass is 9.89. The van der Waals surface area contributed by atoms with Crippen LogP contribution in [0.5, 0.6) is 0 Å². The van der Waals surface area contributed by atoms with Crippen LogP contribution in [-0.4, -0.2) is 22.4 Å². The summed E-state index contributed by atoms with van der Waals surface area (Å²) in [4.78, 5) is 20.3. The highest BCUT2D eigenvalue weighted by molar-refractivity contribution is 5.92. The van der Waals surface area contributed by atoms with Crippen LogP contribution in [-0.2, 0) is 0 Å². The second kappa shape index (κ2) is 6.60. The molecule has 1 saturated carbocycles. The summed E-state index contributed by atoms with van der Waals surface area (Å²) in [6.45, 7) is 0.713. The van der Waals surface area contributed by atoms with E-state index in [1.54, 1.807) is 18.3 Å². The van der Waals surface area contributed by atoms with Gasteiger partial charge >= 0.3 is 0 Å². The molecule has 2 aromatic heterocycles. The molecule has 0 spiro atoms. The summed E-state index contributed by atoms with van der Waals surface area (Å²) in [6, 6.07) is 3.43. The third-order valence-electron chi connectivity index (χ3n) is 4.05. The van der Waals surface area contributed by atoms with Crippen molar-refractivity contribution in [1.29, 1.82) is 0 Å². The van der Waals surface area contributed by atoms with E-state index >= 15 is 0 Å². The lowest BCUT2D eigenvalue weighted by molar-refractivity contribution is 0.0938. The fraction of sp³-hybridized carbons (Fsp3) is 0.438. The molecular formula is C16H20N4O2. The summed E-state index contributed by atoms with van der Waals surface area (Å²) < 4.78 is 5.35. The van der Waals surface area contributed by atoms with Crippen molar-refractivity contribution in [2.24, 2.45) is 5.92 Å². The second-order valence-electron chi connectivity index (χ2n) is 5.72. The predicted octanol–water partition coefficient (Wildman–Crippen LogP) is 2.63. The first-order valence-corrected chi connectivity index (χ1v) is 7.68. The number of oxazole rings is 1. The lowest BCUT2D eigenvalue weighted by Gasteiger charge is -2.21. The van der Waals surface area contributed by atoms with E-state index < -0.39 is 0 Å². The molecule has 0 radical (unpaired) electrons. The van der Waals surface area contributed by atoms with E-state index in [9.17, 15) is 4.79 Å². The minimum atomic E-state index is -0.191. The number of rotatable bonds is 4. The van der Waals surface area contributed by atoms with Crippen LogP contribution in [0.2, 0.25) is 0 Å². The van der Waals surface area contributed by atoms with Crippen molar-refractivity contribution >= 4 is 11.7 Å². The molecule has 1 aliphatic carbocycles. The van der Waals surface area contributed by atoms with Crippen molar-refractivity contribution < 1.29 is 9.21 Å². The molecule has 0 saturated heterocycles. The number of nitrogens with two attached hydrogens (primary N) is 1. The van der Waals surface area contributed by atoms with Gasteiger partial charge in [0.25, 0.3) is 5.91 Å². The monoisotopic (exact) mass is 300 g/mol. The zero-order valence-electron chi connectivity index (χ0n) is 12.4. The van der Waals surface area contributed by atoms with Gasteiger partial charge in [-0.15, -0.1) is 0 Å². The van der Waals surface area contributed by atoms with E-state index in [0.29, 0.717) is 35.4 Å². The predicted molar refractivity (Wildman–Crippen MR) is 83.1 cm³/mol. The van der Waals surface area contributed by atoms with E-state index in [-0.39, 0.29) is 5.91 Å². The van der Waals surface area contributed by atoms with E-state index in [1.807, 2.05) is 0 Å². The van der Waals surface area contributed by atoms with Crippen LogP contribution >= 0.6 is 0 Å². The van der Waals surface area contributed by atoms with Crippen molar-refractivity contribution in [3.63, 3.8) is 0 Å². The first-order chi connectivity index (χ1) is 10.7. The third-order valence-corrected chi connectivity index (χ3v) is 4.05. The highest BCUT2D eigenvalue weighted by Gasteiger charge is 2.17. The lowest BCUT2D eigenvalue weighted by Crippen LogP contribution is -2.30. The Labute approximate surface area is 129 Å². The van der Waals surface area contributed by atoms with Gasteiger partial charge in [0, 0.05) is 12.7 Å². The molecule has 1 fully saturated rings. The van der Waals surface area contributed by atoms with Gasteiger partial charge in [0.15, 0.2) is 5.69 Å². The van der Waals surface area contributed by atoms with Crippen molar-refractivity contribution in [1.82, 2.24) is 15.3 Å². The van der Waals surface area contributed by atoms with Gasteiger partial charge in [-0.2, -0.15) is 0 Å². The normalized spacial score (nSPS) is 15.6. The zero-order chi connectivity index (χ0) is 15.4. The molecule has 1 aliphatic rings. The summed E-state index contributed by atoms with van der Waals surface area (Å²) in [5.74, 6) is 1.20. The van der Waals surface area contributed by atoms with Gasteiger partial charge in [0.1, 0.15) is 12.1 Å². The van der Waals surface area contributed by atoms with E-state index in [1.165, 1.54) is 38.4 Å². The molecule has 0 bridgehead atoms.